The lowest BCUT2D eigenvalue weighted by molar-refractivity contribution is 0.444. The zero-order valence-electron chi connectivity index (χ0n) is 8.57. The average molecular weight is 233 g/mol. The summed E-state index contributed by atoms with van der Waals surface area (Å²) in [6.45, 7) is 0.855. The van der Waals surface area contributed by atoms with Gasteiger partial charge in [-0.25, -0.2) is 17.6 Å². The van der Waals surface area contributed by atoms with Crippen LogP contribution in [0.1, 0.15) is 19.3 Å². The lowest BCUT2D eigenvalue weighted by atomic mass is 10.1. The Balaban J connectivity index is 2.45. The number of benzene rings is 1. The van der Waals surface area contributed by atoms with Crippen LogP contribution >= 0.6 is 0 Å². The van der Waals surface area contributed by atoms with Crippen LogP contribution in [-0.4, -0.2) is 13.1 Å². The maximum atomic E-state index is 13.4. The van der Waals surface area contributed by atoms with Crippen molar-refractivity contribution in [2.24, 2.45) is 0 Å². The van der Waals surface area contributed by atoms with Gasteiger partial charge in [0, 0.05) is 19.2 Å². The Labute approximate surface area is 90.7 Å². The maximum Gasteiger partial charge on any atom is 0.185 e. The summed E-state index contributed by atoms with van der Waals surface area (Å²) in [6, 6.07) is 0.234. The molecule has 1 aromatic rings. The van der Waals surface area contributed by atoms with E-state index in [9.17, 15) is 17.6 Å². The largest absolute Gasteiger partial charge is 0.367 e. The summed E-state index contributed by atoms with van der Waals surface area (Å²) in [7, 11) is 0. The van der Waals surface area contributed by atoms with Crippen molar-refractivity contribution in [1.29, 1.82) is 0 Å². The fraction of sp³-hybridized carbons (Fsp3) is 0.455. The van der Waals surface area contributed by atoms with Crippen molar-refractivity contribution in [1.82, 2.24) is 0 Å². The number of hydrogen-bond acceptors (Lipinski definition) is 1. The molecule has 0 saturated carbocycles. The van der Waals surface area contributed by atoms with Crippen LogP contribution in [0.15, 0.2) is 6.07 Å². The molecule has 1 aliphatic heterocycles. The SMILES string of the molecule is Fc1cc(F)c(F)c(N2CCCCC2)c1F. The lowest BCUT2D eigenvalue weighted by Gasteiger charge is -2.29. The molecular formula is C11H11F4N. The molecule has 0 aromatic heterocycles. The molecule has 1 fully saturated rings. The Morgan fingerprint density at radius 1 is 0.812 bits per heavy atom. The van der Waals surface area contributed by atoms with E-state index in [1.807, 2.05) is 0 Å². The summed E-state index contributed by atoms with van der Waals surface area (Å²) >= 11 is 0. The number of nitrogens with zero attached hydrogens (tertiary/aromatic N) is 1. The molecule has 0 spiro atoms. The molecule has 0 amide bonds. The van der Waals surface area contributed by atoms with Crippen molar-refractivity contribution >= 4 is 5.69 Å². The quantitative estimate of drug-likeness (QED) is 0.531. The normalized spacial score (nSPS) is 16.6. The van der Waals surface area contributed by atoms with Crippen LogP contribution in [-0.2, 0) is 0 Å². The van der Waals surface area contributed by atoms with Crippen LogP contribution in [0.25, 0.3) is 0 Å². The standard InChI is InChI=1S/C11H11F4N/c12-7-6-8(13)10(15)11(9(7)14)16-4-2-1-3-5-16/h6H,1-5H2. The summed E-state index contributed by atoms with van der Waals surface area (Å²) in [5.74, 6) is -5.31. The number of anilines is 1. The fourth-order valence-corrected chi connectivity index (χ4v) is 1.96. The van der Waals surface area contributed by atoms with Gasteiger partial charge < -0.3 is 4.90 Å². The van der Waals surface area contributed by atoms with Crippen LogP contribution in [0.2, 0.25) is 0 Å². The number of hydrogen-bond donors (Lipinski definition) is 0. The minimum atomic E-state index is -1.35. The Morgan fingerprint density at radius 2 is 1.31 bits per heavy atom. The van der Waals surface area contributed by atoms with Crippen LogP contribution in [0, 0.1) is 23.3 Å². The van der Waals surface area contributed by atoms with Gasteiger partial charge >= 0.3 is 0 Å². The summed E-state index contributed by atoms with van der Waals surface area (Å²) in [5.41, 5.74) is -0.572. The van der Waals surface area contributed by atoms with Crippen LogP contribution < -0.4 is 4.90 Å². The molecule has 0 bridgehead atoms. The van der Waals surface area contributed by atoms with Gasteiger partial charge in [-0.2, -0.15) is 0 Å². The van der Waals surface area contributed by atoms with Crippen molar-refractivity contribution in [3.63, 3.8) is 0 Å². The Kier molecular flexibility index (Phi) is 3.03. The number of halogens is 4. The Morgan fingerprint density at radius 3 is 1.81 bits per heavy atom. The first-order valence-corrected chi connectivity index (χ1v) is 5.19. The highest BCUT2D eigenvalue weighted by Crippen LogP contribution is 2.29. The molecule has 88 valence electrons. The van der Waals surface area contributed by atoms with Gasteiger partial charge in [0.2, 0.25) is 0 Å². The van der Waals surface area contributed by atoms with E-state index < -0.39 is 29.0 Å². The van der Waals surface area contributed by atoms with E-state index >= 15 is 0 Å². The third-order valence-corrected chi connectivity index (χ3v) is 2.76. The van der Waals surface area contributed by atoms with E-state index in [1.165, 1.54) is 4.90 Å². The smallest absolute Gasteiger partial charge is 0.185 e. The van der Waals surface area contributed by atoms with Gasteiger partial charge in [-0.05, 0) is 19.3 Å². The van der Waals surface area contributed by atoms with Crippen LogP contribution in [0.3, 0.4) is 0 Å². The van der Waals surface area contributed by atoms with Gasteiger partial charge in [0.1, 0.15) is 5.69 Å². The third-order valence-electron chi connectivity index (χ3n) is 2.76. The predicted molar refractivity (Wildman–Crippen MR) is 52.3 cm³/mol. The minimum absolute atomic E-state index is 0.234. The first-order chi connectivity index (χ1) is 7.61. The van der Waals surface area contributed by atoms with Gasteiger partial charge in [-0.15, -0.1) is 0 Å². The van der Waals surface area contributed by atoms with Gasteiger partial charge in [0.25, 0.3) is 0 Å². The predicted octanol–water partition coefficient (Wildman–Crippen LogP) is 3.23. The van der Waals surface area contributed by atoms with Crippen LogP contribution in [0.4, 0.5) is 23.2 Å². The molecule has 0 atom stereocenters. The molecule has 16 heavy (non-hydrogen) atoms. The third kappa shape index (κ3) is 1.86. The van der Waals surface area contributed by atoms with Crippen molar-refractivity contribution in [2.75, 3.05) is 18.0 Å². The first-order valence-electron chi connectivity index (χ1n) is 5.19. The molecular weight excluding hydrogens is 222 g/mol. The second-order valence-electron chi connectivity index (χ2n) is 3.86. The van der Waals surface area contributed by atoms with Gasteiger partial charge in [-0.3, -0.25) is 0 Å². The summed E-state index contributed by atoms with van der Waals surface area (Å²) in [6.07, 6.45) is 2.52. The lowest BCUT2D eigenvalue weighted by Crippen LogP contribution is -2.31. The molecule has 1 saturated heterocycles. The topological polar surface area (TPSA) is 3.24 Å². The van der Waals surface area contributed by atoms with Crippen molar-refractivity contribution < 1.29 is 17.6 Å². The van der Waals surface area contributed by atoms with E-state index in [4.69, 9.17) is 0 Å². The zero-order valence-corrected chi connectivity index (χ0v) is 8.57. The van der Waals surface area contributed by atoms with Crippen molar-refractivity contribution in [3.8, 4) is 0 Å². The molecule has 1 aromatic carbocycles. The summed E-state index contributed by atoms with van der Waals surface area (Å²) < 4.78 is 52.7. The highest BCUT2D eigenvalue weighted by atomic mass is 19.2. The monoisotopic (exact) mass is 233 g/mol. The highest BCUT2D eigenvalue weighted by molar-refractivity contribution is 5.50. The molecule has 0 aliphatic carbocycles. The Bertz CT molecular complexity index is 373. The van der Waals surface area contributed by atoms with Crippen molar-refractivity contribution in [3.05, 3.63) is 29.3 Å². The molecule has 5 heteroatoms. The van der Waals surface area contributed by atoms with Gasteiger partial charge in [-0.1, -0.05) is 0 Å². The molecule has 2 rings (SSSR count). The maximum absolute atomic E-state index is 13.4. The van der Waals surface area contributed by atoms with E-state index in [-0.39, 0.29) is 6.07 Å². The highest BCUT2D eigenvalue weighted by Gasteiger charge is 2.24. The van der Waals surface area contributed by atoms with Gasteiger partial charge in [0.05, 0.1) is 0 Å². The molecule has 0 N–H and O–H groups in total. The van der Waals surface area contributed by atoms with E-state index in [0.29, 0.717) is 13.1 Å². The van der Waals surface area contributed by atoms with Crippen molar-refractivity contribution in [2.45, 2.75) is 19.3 Å². The van der Waals surface area contributed by atoms with Crippen LogP contribution in [0.5, 0.6) is 0 Å². The Hall–Kier alpha value is -1.26. The van der Waals surface area contributed by atoms with Gasteiger partial charge in [0.15, 0.2) is 23.3 Å². The molecule has 0 radical (unpaired) electrons. The molecule has 0 unspecified atom stereocenters. The minimum Gasteiger partial charge on any atom is -0.367 e. The zero-order chi connectivity index (χ0) is 11.7. The first kappa shape index (κ1) is 11.2. The van der Waals surface area contributed by atoms with E-state index in [1.54, 1.807) is 0 Å². The second-order valence-corrected chi connectivity index (χ2v) is 3.86. The average Bonchev–Trinajstić information content (AvgIpc) is 2.28. The number of rotatable bonds is 1. The van der Waals surface area contributed by atoms with E-state index in [0.717, 1.165) is 19.3 Å². The second kappa shape index (κ2) is 4.31. The fourth-order valence-electron chi connectivity index (χ4n) is 1.96. The number of piperidine rings is 1. The summed E-state index contributed by atoms with van der Waals surface area (Å²) in [5, 5.41) is 0. The molecule has 1 nitrogen and oxygen atoms in total. The molecule has 1 aliphatic rings. The summed E-state index contributed by atoms with van der Waals surface area (Å²) in [4.78, 5) is 1.36. The van der Waals surface area contributed by atoms with E-state index in [2.05, 4.69) is 0 Å². The molecule has 1 heterocycles.